The summed E-state index contributed by atoms with van der Waals surface area (Å²) in [5.74, 6) is -1.11. The summed E-state index contributed by atoms with van der Waals surface area (Å²) in [6.07, 6.45) is 1.98. The number of aliphatic hydroxyl groups excluding tert-OH is 2. The highest BCUT2D eigenvalue weighted by molar-refractivity contribution is 5.86. The number of aliphatic hydroxyl groups is 2. The van der Waals surface area contributed by atoms with Crippen LogP contribution in [0.5, 0.6) is 0 Å². The van der Waals surface area contributed by atoms with Crippen LogP contribution in [0.15, 0.2) is 12.7 Å². The number of hydrogen-bond donors (Lipinski definition) is 4. The third kappa shape index (κ3) is 7.56. The van der Waals surface area contributed by atoms with E-state index in [9.17, 15) is 14.7 Å². The Morgan fingerprint density at radius 1 is 1.18 bits per heavy atom. The number of hydrogen-bond acceptors (Lipinski definition) is 4. The molecule has 0 saturated carbocycles. The van der Waals surface area contributed by atoms with Crippen molar-refractivity contribution in [3.05, 3.63) is 12.7 Å². The van der Waals surface area contributed by atoms with E-state index in [1.807, 2.05) is 20.8 Å². The van der Waals surface area contributed by atoms with Crippen molar-refractivity contribution < 1.29 is 19.8 Å². The Morgan fingerprint density at radius 3 is 2.18 bits per heavy atom. The number of rotatable bonds is 9. The monoisotopic (exact) mass is 314 g/mol. The first-order valence-electron chi connectivity index (χ1n) is 7.58. The van der Waals surface area contributed by atoms with Gasteiger partial charge in [0.05, 0.1) is 25.2 Å². The molecule has 0 aliphatic rings. The first-order valence-corrected chi connectivity index (χ1v) is 7.58. The van der Waals surface area contributed by atoms with E-state index in [0.717, 1.165) is 0 Å². The zero-order valence-corrected chi connectivity index (χ0v) is 14.1. The summed E-state index contributed by atoms with van der Waals surface area (Å²) in [4.78, 5) is 24.2. The van der Waals surface area contributed by atoms with Crippen molar-refractivity contribution in [2.75, 3.05) is 13.2 Å². The van der Waals surface area contributed by atoms with Gasteiger partial charge in [-0.1, -0.05) is 26.8 Å². The van der Waals surface area contributed by atoms with Gasteiger partial charge in [-0.3, -0.25) is 9.59 Å². The van der Waals surface area contributed by atoms with Crippen molar-refractivity contribution in [3.8, 4) is 0 Å². The van der Waals surface area contributed by atoms with Crippen LogP contribution in [0.2, 0.25) is 0 Å². The molecule has 0 bridgehead atoms. The highest BCUT2D eigenvalue weighted by atomic mass is 16.3. The van der Waals surface area contributed by atoms with Crippen LogP contribution in [0.25, 0.3) is 0 Å². The molecule has 3 unspecified atom stereocenters. The first kappa shape index (κ1) is 20.6. The molecule has 0 aromatic heterocycles. The zero-order chi connectivity index (χ0) is 17.3. The molecular weight excluding hydrogens is 284 g/mol. The van der Waals surface area contributed by atoms with Crippen LogP contribution >= 0.6 is 0 Å². The van der Waals surface area contributed by atoms with Crippen LogP contribution in [0.1, 0.15) is 40.5 Å². The van der Waals surface area contributed by atoms with E-state index >= 15 is 0 Å². The maximum absolute atomic E-state index is 12.3. The van der Waals surface area contributed by atoms with Gasteiger partial charge in [0.1, 0.15) is 0 Å². The largest absolute Gasteiger partial charge is 0.394 e. The van der Waals surface area contributed by atoms with Crippen LogP contribution in [0, 0.1) is 11.3 Å². The summed E-state index contributed by atoms with van der Waals surface area (Å²) in [6, 6.07) is -0.730. The molecule has 4 N–H and O–H groups in total. The number of amides is 2. The molecule has 0 aromatic rings. The number of carbonyl (C=O) groups is 2. The molecule has 0 radical (unpaired) electrons. The molecule has 0 heterocycles. The van der Waals surface area contributed by atoms with E-state index in [0.29, 0.717) is 6.42 Å². The van der Waals surface area contributed by atoms with Gasteiger partial charge in [0.25, 0.3) is 0 Å². The topological polar surface area (TPSA) is 98.7 Å². The lowest BCUT2D eigenvalue weighted by Gasteiger charge is -2.31. The average Bonchev–Trinajstić information content (AvgIpc) is 2.42. The molecule has 0 spiro atoms. The summed E-state index contributed by atoms with van der Waals surface area (Å²) >= 11 is 0. The third-order valence-electron chi connectivity index (χ3n) is 3.48. The van der Waals surface area contributed by atoms with Crippen LogP contribution in [0.3, 0.4) is 0 Å². The summed E-state index contributed by atoms with van der Waals surface area (Å²) < 4.78 is 0. The van der Waals surface area contributed by atoms with Gasteiger partial charge in [-0.2, -0.15) is 0 Å². The fraction of sp³-hybridized carbons (Fsp3) is 0.750. The minimum atomic E-state index is -0.542. The molecule has 128 valence electrons. The van der Waals surface area contributed by atoms with Crippen LogP contribution in [0.4, 0.5) is 0 Å². The van der Waals surface area contributed by atoms with E-state index in [2.05, 4.69) is 17.2 Å². The Bertz CT molecular complexity index is 377. The van der Waals surface area contributed by atoms with Gasteiger partial charge in [-0.05, 0) is 18.8 Å². The van der Waals surface area contributed by atoms with Gasteiger partial charge < -0.3 is 20.8 Å². The van der Waals surface area contributed by atoms with Crippen molar-refractivity contribution in [2.45, 2.75) is 52.6 Å². The van der Waals surface area contributed by atoms with Crippen molar-refractivity contribution in [1.82, 2.24) is 10.6 Å². The normalized spacial score (nSPS) is 15.5. The lowest BCUT2D eigenvalue weighted by molar-refractivity contribution is -0.131. The molecule has 0 fully saturated rings. The van der Waals surface area contributed by atoms with Gasteiger partial charge in [0.15, 0.2) is 0 Å². The SMILES string of the molecule is C=CCC(CC(=O)NC(C)CO)C(=O)NC(CO)C(C)(C)C. The number of nitrogens with one attached hydrogen (secondary N) is 2. The molecule has 3 atom stereocenters. The summed E-state index contributed by atoms with van der Waals surface area (Å²) in [5, 5.41) is 23.8. The minimum Gasteiger partial charge on any atom is -0.394 e. The fourth-order valence-corrected chi connectivity index (χ4v) is 1.91. The molecule has 2 amide bonds. The second-order valence-corrected chi connectivity index (χ2v) is 6.69. The Labute approximate surface area is 133 Å². The van der Waals surface area contributed by atoms with Gasteiger partial charge in [-0.25, -0.2) is 0 Å². The Kier molecular flexibility index (Phi) is 8.97. The quantitative estimate of drug-likeness (QED) is 0.468. The Balaban J connectivity index is 4.76. The minimum absolute atomic E-state index is 0.0183. The van der Waals surface area contributed by atoms with E-state index in [1.54, 1.807) is 13.0 Å². The van der Waals surface area contributed by atoms with Crippen LogP contribution in [-0.2, 0) is 9.59 Å². The second-order valence-electron chi connectivity index (χ2n) is 6.69. The van der Waals surface area contributed by atoms with Gasteiger partial charge in [0.2, 0.25) is 11.8 Å². The highest BCUT2D eigenvalue weighted by Crippen LogP contribution is 2.20. The van der Waals surface area contributed by atoms with Crippen molar-refractivity contribution in [2.24, 2.45) is 11.3 Å². The van der Waals surface area contributed by atoms with Crippen molar-refractivity contribution in [1.29, 1.82) is 0 Å². The van der Waals surface area contributed by atoms with E-state index in [1.165, 1.54) is 0 Å². The molecule has 22 heavy (non-hydrogen) atoms. The third-order valence-corrected chi connectivity index (χ3v) is 3.48. The van der Waals surface area contributed by atoms with E-state index in [-0.39, 0.29) is 48.9 Å². The predicted molar refractivity (Wildman–Crippen MR) is 86.1 cm³/mol. The Hall–Kier alpha value is -1.40. The van der Waals surface area contributed by atoms with Crippen LogP contribution < -0.4 is 10.6 Å². The average molecular weight is 314 g/mol. The van der Waals surface area contributed by atoms with Gasteiger partial charge in [0, 0.05) is 12.5 Å². The van der Waals surface area contributed by atoms with E-state index < -0.39 is 5.92 Å². The van der Waals surface area contributed by atoms with Crippen molar-refractivity contribution >= 4 is 11.8 Å². The Morgan fingerprint density at radius 2 is 1.77 bits per heavy atom. The smallest absolute Gasteiger partial charge is 0.224 e. The first-order chi connectivity index (χ1) is 10.1. The van der Waals surface area contributed by atoms with Crippen LogP contribution in [-0.4, -0.2) is 47.3 Å². The van der Waals surface area contributed by atoms with Crippen molar-refractivity contribution in [3.63, 3.8) is 0 Å². The summed E-state index contributed by atoms with van der Waals surface area (Å²) in [6.45, 7) is 10.8. The highest BCUT2D eigenvalue weighted by Gasteiger charge is 2.29. The number of allylic oxidation sites excluding steroid dienone is 1. The molecule has 0 aliphatic heterocycles. The van der Waals surface area contributed by atoms with Gasteiger partial charge in [-0.15, -0.1) is 6.58 Å². The lowest BCUT2D eigenvalue weighted by atomic mass is 9.86. The molecule has 0 aliphatic carbocycles. The van der Waals surface area contributed by atoms with Gasteiger partial charge >= 0.3 is 0 Å². The van der Waals surface area contributed by atoms with E-state index in [4.69, 9.17) is 5.11 Å². The predicted octanol–water partition coefficient (Wildman–Crippen LogP) is 0.589. The standard InChI is InChI=1S/C16H30N2O4/c1-6-7-12(8-14(21)17-11(2)9-19)15(22)18-13(10-20)16(3,4)5/h6,11-13,19-20H,1,7-10H2,2-5H3,(H,17,21)(H,18,22). The fourth-order valence-electron chi connectivity index (χ4n) is 1.91. The molecule has 0 rings (SSSR count). The summed E-state index contributed by atoms with van der Waals surface area (Å²) in [7, 11) is 0. The number of carbonyl (C=O) groups excluding carboxylic acids is 2. The molecule has 6 heteroatoms. The second kappa shape index (κ2) is 9.58. The maximum Gasteiger partial charge on any atom is 0.224 e. The molecular formula is C16H30N2O4. The molecule has 0 saturated heterocycles. The molecule has 6 nitrogen and oxygen atoms in total. The zero-order valence-electron chi connectivity index (χ0n) is 14.1. The molecule has 0 aromatic carbocycles. The maximum atomic E-state index is 12.3. The lowest BCUT2D eigenvalue weighted by Crippen LogP contribution is -2.49. The summed E-state index contributed by atoms with van der Waals surface area (Å²) in [5.41, 5.74) is -0.281.